The second kappa shape index (κ2) is 21.7. The molecule has 1 atom stereocenters. The maximum Gasteiger partial charge on any atom is 0.255 e. The van der Waals surface area contributed by atoms with Crippen molar-refractivity contribution in [3.8, 4) is 5.75 Å². The van der Waals surface area contributed by atoms with Crippen LogP contribution in [0.4, 0.5) is 21.0 Å². The van der Waals surface area contributed by atoms with Gasteiger partial charge < -0.3 is 35.6 Å². The number of hydrogen-bond acceptors (Lipinski definition) is 12. The summed E-state index contributed by atoms with van der Waals surface area (Å²) in [6.07, 6.45) is 7.89. The highest BCUT2D eigenvalue weighted by Gasteiger charge is 2.43. The molecular formula is C45H52ClFN8O7S. The van der Waals surface area contributed by atoms with Crippen molar-refractivity contribution in [2.24, 2.45) is 5.41 Å². The Kier molecular flexibility index (Phi) is 15.7. The molecule has 4 aromatic rings. The number of benzene rings is 2. The first-order chi connectivity index (χ1) is 30.6. The first-order valence-electron chi connectivity index (χ1n) is 21.4. The Balaban J connectivity index is 0.778. The molecule has 15 nitrogen and oxygen atoms in total. The van der Waals surface area contributed by atoms with Crippen molar-refractivity contribution in [3.63, 3.8) is 0 Å². The number of carbonyl (C=O) groups is 5. The molecule has 0 spiro atoms. The summed E-state index contributed by atoms with van der Waals surface area (Å²) in [5.41, 5.74) is 1.84. The number of hydrogen-bond donors (Lipinski definition) is 5. The van der Waals surface area contributed by atoms with Crippen LogP contribution < -0.4 is 31.3 Å². The molecule has 18 heteroatoms. The van der Waals surface area contributed by atoms with E-state index in [0.717, 1.165) is 36.5 Å². The third kappa shape index (κ3) is 12.2. The number of thiazole rings is 1. The van der Waals surface area contributed by atoms with Gasteiger partial charge in [0, 0.05) is 67.7 Å². The second-order valence-corrected chi connectivity index (χ2v) is 17.4. The minimum atomic E-state index is -0.704. The van der Waals surface area contributed by atoms with Crippen LogP contribution in [0, 0.1) is 11.2 Å². The Morgan fingerprint density at radius 3 is 2.62 bits per heavy atom. The van der Waals surface area contributed by atoms with Crippen LogP contribution in [0.2, 0.25) is 5.02 Å². The van der Waals surface area contributed by atoms with E-state index in [9.17, 15) is 28.4 Å². The molecule has 5 N–H and O–H groups in total. The van der Waals surface area contributed by atoms with Gasteiger partial charge in [0.1, 0.15) is 11.9 Å². The molecule has 1 saturated carbocycles. The Morgan fingerprint density at radius 2 is 1.81 bits per heavy atom. The molecule has 1 aliphatic carbocycles. The zero-order valence-corrected chi connectivity index (χ0v) is 36.5. The van der Waals surface area contributed by atoms with Crippen molar-refractivity contribution >= 4 is 69.1 Å². The fraction of sp³-hybridized carbons (Fsp3) is 0.444. The largest absolute Gasteiger partial charge is 0.487 e. The van der Waals surface area contributed by atoms with Gasteiger partial charge in [0.25, 0.3) is 5.91 Å². The lowest BCUT2D eigenvalue weighted by atomic mass is 9.69. The zero-order chi connectivity index (χ0) is 44.2. The molecule has 1 unspecified atom stereocenters. The van der Waals surface area contributed by atoms with Crippen LogP contribution in [0.25, 0.3) is 0 Å². The number of halogens is 2. The molecule has 2 fully saturated rings. The second-order valence-electron chi connectivity index (χ2n) is 16.1. The average molecular weight is 903 g/mol. The topological polar surface area (TPSA) is 193 Å². The highest BCUT2D eigenvalue weighted by atomic mass is 35.5. The molecule has 0 radical (unpaired) electrons. The van der Waals surface area contributed by atoms with E-state index in [4.69, 9.17) is 26.1 Å². The normalized spacial score (nSPS) is 19.7. The van der Waals surface area contributed by atoms with Gasteiger partial charge in [-0.1, -0.05) is 23.7 Å². The maximum absolute atomic E-state index is 14.6. The molecule has 4 heterocycles. The number of pyridine rings is 1. The van der Waals surface area contributed by atoms with E-state index in [2.05, 4.69) is 31.6 Å². The van der Waals surface area contributed by atoms with E-state index in [1.54, 1.807) is 36.5 Å². The number of unbranched alkanes of at least 4 members (excludes halogenated alkanes) is 2. The van der Waals surface area contributed by atoms with Gasteiger partial charge in [0.05, 0.1) is 23.1 Å². The molecule has 2 aliphatic heterocycles. The summed E-state index contributed by atoms with van der Waals surface area (Å²) >= 11 is 7.46. The van der Waals surface area contributed by atoms with Crippen molar-refractivity contribution in [3.05, 3.63) is 93.8 Å². The number of piperidine rings is 1. The lowest BCUT2D eigenvalue weighted by molar-refractivity contribution is -0.137. The Labute approximate surface area is 374 Å². The summed E-state index contributed by atoms with van der Waals surface area (Å²) in [4.78, 5) is 73.9. The van der Waals surface area contributed by atoms with E-state index >= 15 is 0 Å². The molecule has 2 aromatic heterocycles. The van der Waals surface area contributed by atoms with Gasteiger partial charge in [-0.3, -0.25) is 29.3 Å². The Hall–Kier alpha value is -5.49. The van der Waals surface area contributed by atoms with E-state index in [0.29, 0.717) is 81.0 Å². The van der Waals surface area contributed by atoms with Crippen LogP contribution in [0.5, 0.6) is 5.75 Å². The average Bonchev–Trinajstić information content (AvgIpc) is 3.90. The van der Waals surface area contributed by atoms with Crippen LogP contribution in [-0.2, 0) is 36.9 Å². The Morgan fingerprint density at radius 1 is 0.984 bits per heavy atom. The molecule has 7 rings (SSSR count). The number of rotatable bonds is 21. The van der Waals surface area contributed by atoms with Crippen LogP contribution in [0.1, 0.15) is 85.8 Å². The highest BCUT2D eigenvalue weighted by Crippen LogP contribution is 2.41. The lowest BCUT2D eigenvalue weighted by Gasteiger charge is -2.39. The van der Waals surface area contributed by atoms with Gasteiger partial charge in [0.2, 0.25) is 23.6 Å². The molecule has 2 aromatic carbocycles. The summed E-state index contributed by atoms with van der Waals surface area (Å²) < 4.78 is 26.5. The first kappa shape index (κ1) is 45.5. The minimum absolute atomic E-state index is 0.00758. The smallest absolute Gasteiger partial charge is 0.255 e. The summed E-state index contributed by atoms with van der Waals surface area (Å²) in [5, 5.41) is 17.3. The first-order valence-corrected chi connectivity index (χ1v) is 22.7. The molecule has 1 saturated heterocycles. The number of aromatic nitrogens is 2. The third-order valence-corrected chi connectivity index (χ3v) is 12.5. The number of ether oxygens (including phenoxy) is 2. The number of fused-ring (bicyclic) bond motifs is 1. The van der Waals surface area contributed by atoms with Gasteiger partial charge >= 0.3 is 0 Å². The molecule has 0 bridgehead atoms. The summed E-state index contributed by atoms with van der Waals surface area (Å²) in [6.45, 7) is 2.59. The molecule has 63 heavy (non-hydrogen) atoms. The molecule has 3 aliphatic rings. The van der Waals surface area contributed by atoms with Crippen LogP contribution in [0.3, 0.4) is 0 Å². The van der Waals surface area contributed by atoms with E-state index in [1.165, 1.54) is 22.3 Å². The van der Waals surface area contributed by atoms with Crippen LogP contribution >= 0.6 is 22.9 Å². The third-order valence-electron chi connectivity index (χ3n) is 11.6. The predicted molar refractivity (Wildman–Crippen MR) is 236 cm³/mol. The fourth-order valence-electron chi connectivity index (χ4n) is 8.25. The van der Waals surface area contributed by atoms with Crippen molar-refractivity contribution in [1.82, 2.24) is 30.8 Å². The van der Waals surface area contributed by atoms with Gasteiger partial charge in [-0.05, 0) is 112 Å². The number of nitrogens with zero attached hydrogens (tertiary/aromatic N) is 3. The summed E-state index contributed by atoms with van der Waals surface area (Å²) in [7, 11) is 0. The predicted octanol–water partition coefficient (Wildman–Crippen LogP) is 6.31. The van der Waals surface area contributed by atoms with Crippen molar-refractivity contribution < 1.29 is 37.8 Å². The number of carbonyl (C=O) groups excluding carboxylic acids is 5. The summed E-state index contributed by atoms with van der Waals surface area (Å²) in [5.74, 6) is -1.11. The minimum Gasteiger partial charge on any atom is -0.487 e. The molecule has 5 amide bonds. The Bertz CT molecular complexity index is 2260. The summed E-state index contributed by atoms with van der Waals surface area (Å²) in [6, 6.07) is 14.8. The van der Waals surface area contributed by atoms with Gasteiger partial charge in [-0.15, -0.1) is 11.3 Å². The van der Waals surface area contributed by atoms with Gasteiger partial charge in [-0.2, -0.15) is 0 Å². The fourth-order valence-corrected chi connectivity index (χ4v) is 8.95. The SMILES string of the molecule is O=C1CCC(N2Cc3cc(NC(=O)CNCCCOCCCCCNC(=O)[C@]4(Cc5cccc(Nc6nccs6)n5)CC[C@@H](Oc5cccc(Cl)c5F)CC4)ccc3C2=O)C(=O)N1. The molecular weight excluding hydrogens is 851 g/mol. The number of imide groups is 1. The van der Waals surface area contributed by atoms with Crippen molar-refractivity contribution in [2.45, 2.75) is 89.3 Å². The highest BCUT2D eigenvalue weighted by molar-refractivity contribution is 7.13. The van der Waals surface area contributed by atoms with Crippen molar-refractivity contribution in [2.75, 3.05) is 43.5 Å². The van der Waals surface area contributed by atoms with E-state index in [-0.39, 0.29) is 66.4 Å². The zero-order valence-electron chi connectivity index (χ0n) is 34.9. The van der Waals surface area contributed by atoms with E-state index < -0.39 is 23.2 Å². The lowest BCUT2D eigenvalue weighted by Crippen LogP contribution is -2.52. The number of anilines is 3. The van der Waals surface area contributed by atoms with Gasteiger partial charge in [0.15, 0.2) is 16.7 Å². The molecule has 334 valence electrons. The standard InChI is InChI=1S/C45H52ClFN8O7S/c46-34-8-5-9-36(40(34)47)62-32-15-17-45(18-16-32,26-31-7-4-10-37(51-31)53-44-50-21-24-63-44)43(60)49-20-2-1-3-22-61-23-6-19-48-27-39(57)52-30-11-12-33-29(25-30)28-55(42(33)59)35-13-14-38(56)54-41(35)58/h4-5,7-12,21,24-25,32,35,48H,1-3,6,13-20,22-23,26-28H2,(H,49,60)(H,52,57)(H,50,51,53)(H,54,56,58)/t32-,35?,45-. The monoisotopic (exact) mass is 902 g/mol. The van der Waals surface area contributed by atoms with E-state index in [1.807, 2.05) is 23.6 Å². The maximum atomic E-state index is 14.6. The van der Waals surface area contributed by atoms with Crippen molar-refractivity contribution in [1.29, 1.82) is 0 Å². The van der Waals surface area contributed by atoms with Crippen LogP contribution in [0.15, 0.2) is 66.2 Å². The quantitative estimate of drug-likeness (QED) is 0.0465. The van der Waals surface area contributed by atoms with Gasteiger partial charge in [-0.25, -0.2) is 14.4 Å². The number of amides is 5. The van der Waals surface area contributed by atoms with Crippen LogP contribution in [-0.4, -0.2) is 89.4 Å². The number of nitrogens with one attached hydrogen (secondary N) is 5.